The van der Waals surface area contributed by atoms with Gasteiger partial charge >= 0.3 is 17.8 Å². The Morgan fingerprint density at radius 1 is 1.37 bits per heavy atom. The lowest BCUT2D eigenvalue weighted by molar-refractivity contribution is -0.139. The van der Waals surface area contributed by atoms with E-state index in [2.05, 4.69) is 5.10 Å². The third-order valence-electron chi connectivity index (χ3n) is 1.86. The van der Waals surface area contributed by atoms with Crippen LogP contribution in [0.25, 0.3) is 0 Å². The van der Waals surface area contributed by atoms with Crippen LogP contribution in [0.1, 0.15) is 5.56 Å². The topological polar surface area (TPSA) is 131 Å². The number of amides is 2. The normalized spacial score (nSPS) is 10.1. The minimum absolute atomic E-state index is 0.280. The van der Waals surface area contributed by atoms with Crippen molar-refractivity contribution in [1.29, 1.82) is 0 Å². The number of para-hydroxylation sites is 1. The maximum Gasteiger partial charge on any atom is 0.341 e. The summed E-state index contributed by atoms with van der Waals surface area (Å²) in [5.74, 6) is -3.05. The Labute approximate surface area is 107 Å². The number of hydrogen-bond acceptors (Lipinski definition) is 5. The lowest BCUT2D eigenvalue weighted by atomic mass is 10.2. The molecule has 0 fully saturated rings. The first-order valence-corrected chi connectivity index (χ1v) is 5.07. The molecule has 1 aromatic rings. The molecule has 0 unspecified atom stereocenters. The monoisotopic (exact) mass is 265 g/mol. The summed E-state index contributed by atoms with van der Waals surface area (Å²) >= 11 is 0. The van der Waals surface area contributed by atoms with Crippen LogP contribution in [0.5, 0.6) is 5.75 Å². The molecule has 0 heterocycles. The van der Waals surface area contributed by atoms with Crippen LogP contribution >= 0.6 is 0 Å². The number of nitrogens with one attached hydrogen (secondary N) is 1. The summed E-state index contributed by atoms with van der Waals surface area (Å²) in [6, 6.07) is 6.46. The van der Waals surface area contributed by atoms with E-state index < -0.39 is 24.4 Å². The van der Waals surface area contributed by atoms with Crippen LogP contribution in [0, 0.1) is 0 Å². The zero-order chi connectivity index (χ0) is 14.3. The number of aliphatic carboxylic acids is 1. The first kappa shape index (κ1) is 14.2. The smallest absolute Gasteiger partial charge is 0.341 e. The SMILES string of the molecule is NC(=O)C(=O)N/N=C\c1ccccc1OCC(=O)O. The van der Waals surface area contributed by atoms with E-state index >= 15 is 0 Å². The van der Waals surface area contributed by atoms with Crippen LogP contribution in [0.4, 0.5) is 0 Å². The maximum atomic E-state index is 10.8. The fourth-order valence-electron chi connectivity index (χ4n) is 1.07. The van der Waals surface area contributed by atoms with Crippen molar-refractivity contribution in [3.05, 3.63) is 29.8 Å². The lowest BCUT2D eigenvalue weighted by Gasteiger charge is -2.05. The molecule has 100 valence electrons. The van der Waals surface area contributed by atoms with E-state index in [9.17, 15) is 14.4 Å². The van der Waals surface area contributed by atoms with Crippen molar-refractivity contribution in [1.82, 2.24) is 5.43 Å². The number of hydrazone groups is 1. The van der Waals surface area contributed by atoms with E-state index in [-0.39, 0.29) is 5.75 Å². The quantitative estimate of drug-likeness (QED) is 0.360. The van der Waals surface area contributed by atoms with Gasteiger partial charge < -0.3 is 15.6 Å². The zero-order valence-corrected chi connectivity index (χ0v) is 9.70. The first-order chi connectivity index (χ1) is 9.00. The van der Waals surface area contributed by atoms with Gasteiger partial charge in [0.05, 0.1) is 6.21 Å². The molecule has 0 aliphatic rings. The maximum absolute atomic E-state index is 10.8. The summed E-state index contributed by atoms with van der Waals surface area (Å²) in [4.78, 5) is 31.7. The highest BCUT2D eigenvalue weighted by molar-refractivity contribution is 6.34. The summed E-state index contributed by atoms with van der Waals surface area (Å²) in [5.41, 5.74) is 7.06. The van der Waals surface area contributed by atoms with Crippen molar-refractivity contribution in [2.75, 3.05) is 6.61 Å². The number of hydrogen-bond donors (Lipinski definition) is 3. The lowest BCUT2D eigenvalue weighted by Crippen LogP contribution is -2.32. The fourth-order valence-corrected chi connectivity index (χ4v) is 1.07. The first-order valence-electron chi connectivity index (χ1n) is 5.07. The second kappa shape index (κ2) is 6.74. The van der Waals surface area contributed by atoms with Crippen molar-refractivity contribution < 1.29 is 24.2 Å². The summed E-state index contributed by atoms with van der Waals surface area (Å²) in [6.45, 7) is -0.501. The van der Waals surface area contributed by atoms with Crippen LogP contribution in [-0.2, 0) is 14.4 Å². The second-order valence-corrected chi connectivity index (χ2v) is 3.28. The van der Waals surface area contributed by atoms with Crippen LogP contribution in [0.3, 0.4) is 0 Å². The molecule has 2 amide bonds. The number of primary amides is 1. The molecule has 4 N–H and O–H groups in total. The van der Waals surface area contributed by atoms with Crippen molar-refractivity contribution in [3.8, 4) is 5.75 Å². The Balaban J connectivity index is 2.72. The predicted octanol–water partition coefficient (Wildman–Crippen LogP) is -0.915. The van der Waals surface area contributed by atoms with E-state index in [1.807, 2.05) is 5.43 Å². The number of nitrogens with two attached hydrogens (primary N) is 1. The van der Waals surface area contributed by atoms with Gasteiger partial charge in [-0.3, -0.25) is 9.59 Å². The number of carbonyl (C=O) groups is 3. The minimum Gasteiger partial charge on any atom is -0.481 e. The number of carboxylic acids is 1. The molecule has 0 spiro atoms. The molecule has 0 radical (unpaired) electrons. The molecule has 1 aromatic carbocycles. The summed E-state index contributed by atoms with van der Waals surface area (Å²) in [5, 5.41) is 12.0. The van der Waals surface area contributed by atoms with Crippen LogP contribution in [0.2, 0.25) is 0 Å². The zero-order valence-electron chi connectivity index (χ0n) is 9.70. The number of carbonyl (C=O) groups excluding carboxylic acids is 2. The number of ether oxygens (including phenoxy) is 1. The molecule has 0 atom stereocenters. The molecule has 0 saturated heterocycles. The molecule has 19 heavy (non-hydrogen) atoms. The summed E-state index contributed by atoms with van der Waals surface area (Å²) < 4.78 is 5.01. The van der Waals surface area contributed by atoms with Gasteiger partial charge in [0.25, 0.3) is 0 Å². The van der Waals surface area contributed by atoms with Gasteiger partial charge in [-0.2, -0.15) is 5.10 Å². The van der Waals surface area contributed by atoms with Gasteiger partial charge in [0.2, 0.25) is 0 Å². The number of benzene rings is 1. The molecule has 0 saturated carbocycles. The highest BCUT2D eigenvalue weighted by Crippen LogP contribution is 2.15. The molecule has 8 nitrogen and oxygen atoms in total. The summed E-state index contributed by atoms with van der Waals surface area (Å²) in [6.07, 6.45) is 1.21. The van der Waals surface area contributed by atoms with Crippen molar-refractivity contribution in [2.45, 2.75) is 0 Å². The van der Waals surface area contributed by atoms with Gasteiger partial charge in [0, 0.05) is 5.56 Å². The molecular weight excluding hydrogens is 254 g/mol. The number of rotatable bonds is 5. The second-order valence-electron chi connectivity index (χ2n) is 3.28. The Kier molecular flexibility index (Phi) is 5.03. The Morgan fingerprint density at radius 2 is 2.05 bits per heavy atom. The minimum atomic E-state index is -1.16. The van der Waals surface area contributed by atoms with E-state index in [1.54, 1.807) is 24.3 Å². The highest BCUT2D eigenvalue weighted by atomic mass is 16.5. The molecule has 0 aliphatic heterocycles. The van der Waals surface area contributed by atoms with Gasteiger partial charge in [-0.1, -0.05) is 12.1 Å². The molecular formula is C11H11N3O5. The molecule has 8 heteroatoms. The third-order valence-corrected chi connectivity index (χ3v) is 1.86. The Morgan fingerprint density at radius 3 is 2.68 bits per heavy atom. The van der Waals surface area contributed by atoms with Gasteiger partial charge in [0.15, 0.2) is 6.61 Å². The Bertz CT molecular complexity index is 527. The van der Waals surface area contributed by atoms with Gasteiger partial charge in [0.1, 0.15) is 5.75 Å². The van der Waals surface area contributed by atoms with Crippen molar-refractivity contribution in [2.24, 2.45) is 10.8 Å². The van der Waals surface area contributed by atoms with Gasteiger partial charge in [-0.05, 0) is 12.1 Å². The standard InChI is InChI=1S/C11H11N3O5/c12-10(17)11(18)14-13-5-7-3-1-2-4-8(7)19-6-9(15)16/h1-5H,6H2,(H2,12,17)(H,14,18)(H,15,16)/b13-5-. The highest BCUT2D eigenvalue weighted by Gasteiger charge is 2.06. The molecule has 0 aromatic heterocycles. The van der Waals surface area contributed by atoms with Crippen LogP contribution in [0.15, 0.2) is 29.4 Å². The predicted molar refractivity (Wildman–Crippen MR) is 64.5 cm³/mol. The van der Waals surface area contributed by atoms with E-state index in [0.29, 0.717) is 5.56 Å². The number of carboxylic acid groups (broad SMARTS) is 1. The molecule has 1 rings (SSSR count). The molecule has 0 bridgehead atoms. The average molecular weight is 265 g/mol. The van der Waals surface area contributed by atoms with Gasteiger partial charge in [-0.25, -0.2) is 10.2 Å². The van der Waals surface area contributed by atoms with Crippen molar-refractivity contribution >= 4 is 24.0 Å². The van der Waals surface area contributed by atoms with E-state index in [1.165, 1.54) is 6.21 Å². The largest absolute Gasteiger partial charge is 0.481 e. The summed E-state index contributed by atoms with van der Waals surface area (Å²) in [7, 11) is 0. The van der Waals surface area contributed by atoms with E-state index in [4.69, 9.17) is 15.6 Å². The van der Waals surface area contributed by atoms with Crippen LogP contribution < -0.4 is 15.9 Å². The Hall–Kier alpha value is -2.90. The van der Waals surface area contributed by atoms with Crippen molar-refractivity contribution in [3.63, 3.8) is 0 Å². The third kappa shape index (κ3) is 4.86. The van der Waals surface area contributed by atoms with E-state index in [0.717, 1.165) is 0 Å². The fraction of sp³-hybridized carbons (Fsp3) is 0.0909. The van der Waals surface area contributed by atoms with Crippen LogP contribution in [-0.4, -0.2) is 35.7 Å². The average Bonchev–Trinajstić information content (AvgIpc) is 2.37. The van der Waals surface area contributed by atoms with Gasteiger partial charge in [-0.15, -0.1) is 0 Å². The number of nitrogens with zero attached hydrogens (tertiary/aromatic N) is 1. The molecule has 0 aliphatic carbocycles.